The molecule has 2 N–H and O–H groups in total. The summed E-state index contributed by atoms with van der Waals surface area (Å²) in [5.74, 6) is 0.683. The molecule has 0 saturated carbocycles. The van der Waals surface area contributed by atoms with Crippen LogP contribution >= 0.6 is 23.2 Å². The monoisotopic (exact) mass is 959 g/mol. The lowest BCUT2D eigenvalue weighted by Crippen LogP contribution is -2.52. The SMILES string of the molecule is COc1ccc([C@H](Cc2c(Cl)c[nH+]cc2Cl)OC(=O)C2CCN(S(=O)(=O)c3ccc(COc4cccc([C@@H](CC(=O)O[C@H]5CN6CCC5CC6)c5ccccc5)c4)cc3)CC2)cc1OC.[OH-]. The first-order valence-electron chi connectivity index (χ1n) is 22.0. The van der Waals surface area contributed by atoms with E-state index < -0.39 is 28.0 Å². The number of hydrogen-bond acceptors (Lipinski definition) is 11. The summed E-state index contributed by atoms with van der Waals surface area (Å²) in [6.45, 7) is 3.48. The Kier molecular flexibility index (Phi) is 16.3. The highest BCUT2D eigenvalue weighted by Gasteiger charge is 2.37. The molecule has 5 heterocycles. The highest BCUT2D eigenvalue weighted by Crippen LogP contribution is 2.37. The predicted octanol–water partition coefficient (Wildman–Crippen LogP) is 8.31. The molecule has 4 fully saturated rings. The summed E-state index contributed by atoms with van der Waals surface area (Å²) in [7, 11) is -0.781. The van der Waals surface area contributed by atoms with Crippen molar-refractivity contribution in [2.45, 2.75) is 68.2 Å². The van der Waals surface area contributed by atoms with Gasteiger partial charge >= 0.3 is 11.9 Å². The second kappa shape index (κ2) is 22.1. The number of fused-ring (bicyclic) bond motifs is 3. The van der Waals surface area contributed by atoms with Gasteiger partial charge in [0.2, 0.25) is 10.0 Å². The fourth-order valence-corrected chi connectivity index (χ4v) is 11.1. The van der Waals surface area contributed by atoms with Gasteiger partial charge in [-0.05, 0) is 103 Å². The van der Waals surface area contributed by atoms with E-state index in [-0.39, 0.29) is 73.7 Å². The zero-order valence-electron chi connectivity index (χ0n) is 36.9. The summed E-state index contributed by atoms with van der Waals surface area (Å²) in [6, 6.07) is 29.7. The van der Waals surface area contributed by atoms with Crippen LogP contribution in [0.4, 0.5) is 0 Å². The fraction of sp³-hybridized carbons (Fsp3) is 0.380. The van der Waals surface area contributed by atoms with Gasteiger partial charge in [0.15, 0.2) is 23.9 Å². The number of nitrogens with zero attached hydrogens (tertiary/aromatic N) is 2. The molecule has 9 rings (SSSR count). The number of H-pyrrole nitrogens is 1. The summed E-state index contributed by atoms with van der Waals surface area (Å²) in [5, 5.41) is 0.790. The van der Waals surface area contributed by atoms with E-state index in [1.807, 2.05) is 54.6 Å². The van der Waals surface area contributed by atoms with Crippen LogP contribution in [0.15, 0.2) is 114 Å². The molecule has 350 valence electrons. The first-order chi connectivity index (χ1) is 31.5. The maximum absolute atomic E-state index is 13.8. The molecule has 16 heteroatoms. The first kappa shape index (κ1) is 48.7. The lowest BCUT2D eigenvalue weighted by Gasteiger charge is -2.44. The second-order valence-corrected chi connectivity index (χ2v) is 19.6. The number of esters is 2. The van der Waals surface area contributed by atoms with Crippen molar-refractivity contribution in [3.05, 3.63) is 147 Å². The number of aromatic nitrogens is 1. The van der Waals surface area contributed by atoms with Gasteiger partial charge in [-0.15, -0.1) is 0 Å². The third-order valence-corrected chi connectivity index (χ3v) is 15.5. The summed E-state index contributed by atoms with van der Waals surface area (Å²) < 4.78 is 58.5. The van der Waals surface area contributed by atoms with Crippen LogP contribution < -0.4 is 19.2 Å². The molecule has 5 aromatic rings. The number of carbonyl (C=O) groups excluding carboxylic acids is 2. The Bertz CT molecular complexity index is 2530. The Morgan fingerprint density at radius 1 is 0.773 bits per heavy atom. The van der Waals surface area contributed by atoms with Crippen LogP contribution in [-0.4, -0.2) is 88.1 Å². The van der Waals surface area contributed by atoms with Crippen LogP contribution in [0.25, 0.3) is 0 Å². The van der Waals surface area contributed by atoms with E-state index in [0.717, 1.165) is 49.2 Å². The topological polar surface area (TPSA) is 165 Å². The van der Waals surface area contributed by atoms with Crippen LogP contribution in [0.5, 0.6) is 17.2 Å². The standard InChI is InChI=1S/C50H53Cl2N3O9S.H2O/c1-60-45-16-13-38(26-47(45)61-2)46(27-42-43(51)29-53-30-44(42)52)64-50(57)36-19-23-55(24-20-36)65(58,59)40-14-11-33(12-15-40)32-62-39-10-6-9-37(25-39)41(34-7-4-3-5-8-34)28-49(56)63-48-31-54-21-17-35(48)18-22-54;/h3-16,25-26,29-30,35-36,41,46,48H,17-24,27-28,31-32H2,1-2H3;1H2/t41-,46-,48-;/m0./s1. The van der Waals surface area contributed by atoms with Gasteiger partial charge in [0, 0.05) is 37.5 Å². The molecule has 13 nitrogen and oxygen atoms in total. The molecule has 0 unspecified atom stereocenters. The molecule has 0 aliphatic carbocycles. The van der Waals surface area contributed by atoms with Gasteiger partial charge in [0.1, 0.15) is 34.6 Å². The van der Waals surface area contributed by atoms with Gasteiger partial charge in [0.05, 0.1) is 31.5 Å². The number of ether oxygens (including phenoxy) is 5. The van der Waals surface area contributed by atoms with Crippen LogP contribution in [0, 0.1) is 11.8 Å². The third-order valence-electron chi connectivity index (χ3n) is 12.9. The molecule has 66 heavy (non-hydrogen) atoms. The largest absolute Gasteiger partial charge is 0.870 e. The molecular weight excluding hydrogens is 906 g/mol. The molecule has 4 saturated heterocycles. The number of benzene rings is 4. The number of rotatable bonds is 17. The fourth-order valence-electron chi connectivity index (χ4n) is 9.14. The number of methoxy groups -OCH3 is 2. The van der Waals surface area contributed by atoms with Crippen LogP contribution in [0.1, 0.15) is 71.9 Å². The van der Waals surface area contributed by atoms with Crippen molar-refractivity contribution in [2.24, 2.45) is 11.8 Å². The van der Waals surface area contributed by atoms with Crippen molar-refractivity contribution in [2.75, 3.05) is 46.9 Å². The normalized spacial score (nSPS) is 19.5. The van der Waals surface area contributed by atoms with Gasteiger partial charge < -0.3 is 29.2 Å². The summed E-state index contributed by atoms with van der Waals surface area (Å²) in [5.41, 5.74) is 4.01. The summed E-state index contributed by atoms with van der Waals surface area (Å²) in [4.78, 5) is 32.6. The number of piperidine rings is 4. The molecule has 2 bridgehead atoms. The molecule has 3 atom stereocenters. The smallest absolute Gasteiger partial charge is 0.309 e. The number of pyridine rings is 1. The number of nitrogens with one attached hydrogen (secondary N) is 1. The minimum atomic E-state index is -3.85. The van der Waals surface area contributed by atoms with Crippen LogP contribution in [0.3, 0.4) is 0 Å². The molecule has 1 aromatic heterocycles. The lowest BCUT2D eigenvalue weighted by molar-refractivity contribution is -0.377. The second-order valence-electron chi connectivity index (χ2n) is 16.9. The molecule has 4 aliphatic heterocycles. The molecule has 4 aliphatic rings. The van der Waals surface area contributed by atoms with Crippen molar-refractivity contribution in [1.29, 1.82) is 0 Å². The highest BCUT2D eigenvalue weighted by molar-refractivity contribution is 7.89. The molecule has 0 amide bonds. The quantitative estimate of drug-likeness (QED) is 0.0824. The average molecular weight is 961 g/mol. The van der Waals surface area contributed by atoms with E-state index >= 15 is 0 Å². The molecule has 4 aromatic carbocycles. The Labute approximate surface area is 396 Å². The predicted molar refractivity (Wildman–Crippen MR) is 248 cm³/mol. The van der Waals surface area contributed by atoms with Crippen molar-refractivity contribution in [3.8, 4) is 17.2 Å². The number of carbonyl (C=O) groups is 2. The summed E-state index contributed by atoms with van der Waals surface area (Å²) >= 11 is 13.0. The van der Waals surface area contributed by atoms with Gasteiger partial charge in [-0.2, -0.15) is 4.31 Å². The van der Waals surface area contributed by atoms with Crippen LogP contribution in [0.2, 0.25) is 10.0 Å². The maximum atomic E-state index is 13.8. The van der Waals surface area contributed by atoms with Crippen molar-refractivity contribution in [1.82, 2.24) is 9.21 Å². The molecule has 0 radical (unpaired) electrons. The number of aromatic amines is 1. The number of halogens is 2. The number of sulfonamides is 1. The maximum Gasteiger partial charge on any atom is 0.309 e. The molecule has 0 spiro atoms. The highest BCUT2D eigenvalue weighted by atomic mass is 35.5. The van der Waals surface area contributed by atoms with Crippen LogP contribution in [-0.2, 0) is 42.1 Å². The van der Waals surface area contributed by atoms with E-state index in [0.29, 0.717) is 44.3 Å². The van der Waals surface area contributed by atoms with Gasteiger partial charge in [-0.3, -0.25) is 14.5 Å². The zero-order valence-corrected chi connectivity index (χ0v) is 39.3. The lowest BCUT2D eigenvalue weighted by atomic mass is 9.85. The van der Waals surface area contributed by atoms with Gasteiger partial charge in [0.25, 0.3) is 0 Å². The zero-order chi connectivity index (χ0) is 45.5. The first-order valence-corrected chi connectivity index (χ1v) is 24.2. The van der Waals surface area contributed by atoms with Crippen molar-refractivity contribution in [3.63, 3.8) is 0 Å². The Morgan fingerprint density at radius 2 is 1.45 bits per heavy atom. The minimum absolute atomic E-state index is 0. The van der Waals surface area contributed by atoms with Gasteiger partial charge in [-0.1, -0.05) is 83.9 Å². The average Bonchev–Trinajstić information content (AvgIpc) is 3.34. The molecular formula is C50H55Cl2N3O10S. The third kappa shape index (κ3) is 11.5. The van der Waals surface area contributed by atoms with Gasteiger partial charge in [-0.25, -0.2) is 13.4 Å². The van der Waals surface area contributed by atoms with Crippen molar-refractivity contribution >= 4 is 45.2 Å². The van der Waals surface area contributed by atoms with E-state index in [2.05, 4.69) is 9.88 Å². The Balaban J connectivity index is 0.00000648. The van der Waals surface area contributed by atoms with E-state index in [9.17, 15) is 18.0 Å². The minimum Gasteiger partial charge on any atom is -0.870 e. The number of hydrogen-bond donors (Lipinski definition) is 0. The van der Waals surface area contributed by atoms with E-state index in [1.165, 1.54) is 18.5 Å². The Morgan fingerprint density at radius 3 is 2.11 bits per heavy atom. The van der Waals surface area contributed by atoms with E-state index in [1.54, 1.807) is 54.9 Å². The summed E-state index contributed by atoms with van der Waals surface area (Å²) in [6.07, 6.45) is 5.53. The van der Waals surface area contributed by atoms with Crippen molar-refractivity contribution < 1.29 is 52.2 Å². The van der Waals surface area contributed by atoms with E-state index in [4.69, 9.17) is 46.9 Å². The Hall–Kier alpha value is -5.22.